The van der Waals surface area contributed by atoms with Gasteiger partial charge in [-0.3, -0.25) is 14.8 Å². The van der Waals surface area contributed by atoms with Crippen LogP contribution in [0.2, 0.25) is 0 Å². The molecule has 2 fully saturated rings. The van der Waals surface area contributed by atoms with Crippen LogP contribution in [0.4, 0.5) is 15.4 Å². The van der Waals surface area contributed by atoms with E-state index in [2.05, 4.69) is 25.8 Å². The van der Waals surface area contributed by atoms with Gasteiger partial charge >= 0.3 is 17.8 Å². The third-order valence-corrected chi connectivity index (χ3v) is 6.23. The molecule has 2 aromatic rings. The zero-order chi connectivity index (χ0) is 24.1. The quantitative estimate of drug-likeness (QED) is 0.519. The maximum absolute atomic E-state index is 12.6. The number of carbonyl (C=O) groups excluding carboxylic acids is 1. The topological polar surface area (TPSA) is 132 Å². The Balaban J connectivity index is 1.33. The Bertz CT molecular complexity index is 1060. The summed E-state index contributed by atoms with van der Waals surface area (Å²) < 4.78 is 1.44. The molecule has 4 N–H and O–H groups in total. The van der Waals surface area contributed by atoms with Crippen LogP contribution in [0.25, 0.3) is 5.69 Å². The van der Waals surface area contributed by atoms with Crippen molar-refractivity contribution in [2.45, 2.75) is 38.4 Å². The molecule has 0 spiro atoms. The fraction of sp³-hybridized carbons (Fsp3) is 0.478. The van der Waals surface area contributed by atoms with Gasteiger partial charge in [-0.05, 0) is 43.5 Å². The highest BCUT2D eigenvalue weighted by Gasteiger charge is 2.22. The minimum Gasteiger partial charge on any atom is -0.465 e. The molecule has 0 unspecified atom stereocenters. The third kappa shape index (κ3) is 6.12. The fourth-order valence-electron chi connectivity index (χ4n) is 4.40. The maximum Gasteiger partial charge on any atom is 0.404 e. The third-order valence-electron chi connectivity index (χ3n) is 6.23. The number of anilines is 1. The smallest absolute Gasteiger partial charge is 0.404 e. The van der Waals surface area contributed by atoms with Crippen LogP contribution < -0.4 is 21.6 Å². The second kappa shape index (κ2) is 10.7. The Labute approximate surface area is 197 Å². The first-order chi connectivity index (χ1) is 16.4. The summed E-state index contributed by atoms with van der Waals surface area (Å²) >= 11 is 0. The summed E-state index contributed by atoms with van der Waals surface area (Å²) in [5.41, 5.74) is 1.34. The molecule has 4 rings (SSSR count). The second-order valence-corrected chi connectivity index (χ2v) is 8.86. The first-order valence-corrected chi connectivity index (χ1v) is 11.6. The van der Waals surface area contributed by atoms with E-state index in [0.29, 0.717) is 18.8 Å². The van der Waals surface area contributed by atoms with Crippen LogP contribution in [-0.4, -0.2) is 81.4 Å². The molecular weight excluding hydrogens is 438 g/mol. The zero-order valence-electron chi connectivity index (χ0n) is 19.2. The molecule has 0 saturated carbocycles. The molecule has 182 valence electrons. The number of aromatic nitrogens is 2. The zero-order valence-corrected chi connectivity index (χ0v) is 19.2. The second-order valence-electron chi connectivity index (χ2n) is 8.86. The fourth-order valence-corrected chi connectivity index (χ4v) is 4.40. The lowest BCUT2D eigenvalue weighted by atomic mass is 10.0. The molecule has 0 bridgehead atoms. The number of hydrogen-bond donors (Lipinski definition) is 4. The minimum absolute atomic E-state index is 0.0173. The number of nitrogens with one attached hydrogen (secondary N) is 3. The average Bonchev–Trinajstić information content (AvgIpc) is 2.81. The van der Waals surface area contributed by atoms with E-state index in [1.807, 2.05) is 31.2 Å². The Hall–Kier alpha value is -3.44. The Kier molecular flexibility index (Phi) is 7.43. The number of rotatable bonds is 5. The molecule has 11 nitrogen and oxygen atoms in total. The van der Waals surface area contributed by atoms with Crippen LogP contribution in [0.5, 0.6) is 0 Å². The molecule has 0 radical (unpaired) electrons. The molecule has 0 aliphatic carbocycles. The molecule has 1 aromatic carbocycles. The number of carbonyl (C=O) groups is 2. The summed E-state index contributed by atoms with van der Waals surface area (Å²) in [6.45, 7) is 6.39. The molecular formula is C23H31N7O4. The predicted octanol–water partition coefficient (Wildman–Crippen LogP) is 1.29. The van der Waals surface area contributed by atoms with Gasteiger partial charge < -0.3 is 20.6 Å². The lowest BCUT2D eigenvalue weighted by molar-refractivity contribution is 0.165. The summed E-state index contributed by atoms with van der Waals surface area (Å²) in [4.78, 5) is 43.8. The van der Waals surface area contributed by atoms with Gasteiger partial charge in [-0.15, -0.1) is 0 Å². The molecule has 1 atom stereocenters. The van der Waals surface area contributed by atoms with Crippen molar-refractivity contribution < 1.29 is 14.7 Å². The molecule has 11 heteroatoms. The van der Waals surface area contributed by atoms with Crippen molar-refractivity contribution in [2.75, 3.05) is 38.0 Å². The maximum atomic E-state index is 12.6. The predicted molar refractivity (Wildman–Crippen MR) is 127 cm³/mol. The van der Waals surface area contributed by atoms with E-state index in [4.69, 9.17) is 5.11 Å². The van der Waals surface area contributed by atoms with Crippen LogP contribution in [-0.2, 0) is 6.54 Å². The lowest BCUT2D eigenvalue weighted by Gasteiger charge is -2.31. The lowest BCUT2D eigenvalue weighted by Crippen LogP contribution is -2.52. The van der Waals surface area contributed by atoms with Gasteiger partial charge in [0, 0.05) is 57.5 Å². The highest BCUT2D eigenvalue weighted by Crippen LogP contribution is 2.16. The van der Waals surface area contributed by atoms with Gasteiger partial charge in [0.25, 0.3) is 0 Å². The SMILES string of the molecule is C[C@@H]1CN(C(=O)Nc2ccn(-c3ccc(CN4CCC(NC(=O)O)CC4)cc3)c(=O)n2)CCN1. The molecule has 1 aromatic heterocycles. The summed E-state index contributed by atoms with van der Waals surface area (Å²) in [7, 11) is 0. The van der Waals surface area contributed by atoms with Crippen LogP contribution in [0.15, 0.2) is 41.3 Å². The van der Waals surface area contributed by atoms with Crippen LogP contribution >= 0.6 is 0 Å². The van der Waals surface area contributed by atoms with E-state index in [1.165, 1.54) is 4.57 Å². The summed E-state index contributed by atoms with van der Waals surface area (Å²) in [6, 6.07) is 9.30. The van der Waals surface area contributed by atoms with Gasteiger partial charge in [0.15, 0.2) is 0 Å². The van der Waals surface area contributed by atoms with Gasteiger partial charge in [-0.1, -0.05) is 12.1 Å². The molecule has 3 heterocycles. The number of piperidine rings is 1. The van der Waals surface area contributed by atoms with E-state index in [0.717, 1.165) is 44.6 Å². The van der Waals surface area contributed by atoms with E-state index in [9.17, 15) is 14.4 Å². The van der Waals surface area contributed by atoms with Crippen molar-refractivity contribution in [1.82, 2.24) is 30.0 Å². The Morgan fingerprint density at radius 1 is 1.15 bits per heavy atom. The highest BCUT2D eigenvalue weighted by molar-refractivity contribution is 5.88. The Morgan fingerprint density at radius 3 is 2.53 bits per heavy atom. The van der Waals surface area contributed by atoms with E-state index < -0.39 is 11.8 Å². The molecule has 2 aliphatic heterocycles. The average molecular weight is 470 g/mol. The van der Waals surface area contributed by atoms with Crippen molar-refractivity contribution in [2.24, 2.45) is 0 Å². The minimum atomic E-state index is -0.969. The number of likely N-dealkylation sites (tertiary alicyclic amines) is 1. The van der Waals surface area contributed by atoms with E-state index in [1.54, 1.807) is 17.2 Å². The van der Waals surface area contributed by atoms with Crippen LogP contribution in [0, 0.1) is 0 Å². The van der Waals surface area contributed by atoms with Crippen molar-refractivity contribution >= 4 is 17.9 Å². The normalized spacial score (nSPS) is 19.6. The van der Waals surface area contributed by atoms with Gasteiger partial charge in [0.1, 0.15) is 5.82 Å². The molecule has 34 heavy (non-hydrogen) atoms. The number of nitrogens with zero attached hydrogens (tertiary/aromatic N) is 4. The van der Waals surface area contributed by atoms with Gasteiger partial charge in [-0.2, -0.15) is 4.98 Å². The molecule has 2 aliphatic rings. The molecule has 2 saturated heterocycles. The first kappa shape index (κ1) is 23.7. The Morgan fingerprint density at radius 2 is 1.88 bits per heavy atom. The van der Waals surface area contributed by atoms with E-state index in [-0.39, 0.29) is 23.9 Å². The first-order valence-electron chi connectivity index (χ1n) is 11.6. The highest BCUT2D eigenvalue weighted by atomic mass is 16.4. The molecule has 3 amide bonds. The summed E-state index contributed by atoms with van der Waals surface area (Å²) in [6.07, 6.45) is 2.23. The number of urea groups is 1. The summed E-state index contributed by atoms with van der Waals surface area (Å²) in [5.74, 6) is 0.231. The monoisotopic (exact) mass is 469 g/mol. The van der Waals surface area contributed by atoms with E-state index >= 15 is 0 Å². The van der Waals surface area contributed by atoms with Gasteiger partial charge in [0.05, 0.1) is 5.69 Å². The van der Waals surface area contributed by atoms with Crippen LogP contribution in [0.3, 0.4) is 0 Å². The van der Waals surface area contributed by atoms with Crippen LogP contribution in [0.1, 0.15) is 25.3 Å². The number of amides is 3. The largest absolute Gasteiger partial charge is 0.465 e. The number of hydrogen-bond acceptors (Lipinski definition) is 6. The van der Waals surface area contributed by atoms with Gasteiger partial charge in [-0.25, -0.2) is 14.4 Å². The number of carboxylic acid groups (broad SMARTS) is 1. The number of piperazine rings is 1. The standard InChI is InChI=1S/C23H31N7O4/c1-16-14-29(13-9-24-16)21(31)26-20-8-12-30(22(32)27-20)19-4-2-17(3-5-19)15-28-10-6-18(7-11-28)25-23(33)34/h2-5,8,12,16,18,24-25H,6-7,9-11,13-15H2,1H3,(H,33,34)(H,26,27,31,32)/t16-/m1/s1. The van der Waals surface area contributed by atoms with Crippen molar-refractivity contribution in [3.8, 4) is 5.69 Å². The van der Waals surface area contributed by atoms with Crippen molar-refractivity contribution in [3.05, 3.63) is 52.6 Å². The summed E-state index contributed by atoms with van der Waals surface area (Å²) in [5, 5.41) is 17.4. The van der Waals surface area contributed by atoms with Crippen molar-refractivity contribution in [1.29, 1.82) is 0 Å². The number of benzene rings is 1. The van der Waals surface area contributed by atoms with Gasteiger partial charge in [0.2, 0.25) is 0 Å². The van der Waals surface area contributed by atoms with Crippen molar-refractivity contribution in [3.63, 3.8) is 0 Å².